The summed E-state index contributed by atoms with van der Waals surface area (Å²) in [6.07, 6.45) is 2.00. The molecular formula is C10H14N2O4S. The normalized spacial score (nSPS) is 12.1. The van der Waals surface area contributed by atoms with Crippen LogP contribution in [0.2, 0.25) is 0 Å². The van der Waals surface area contributed by atoms with Gasteiger partial charge in [0.1, 0.15) is 0 Å². The molecule has 1 atom stereocenters. The van der Waals surface area contributed by atoms with Gasteiger partial charge in [-0.1, -0.05) is 12.1 Å². The molecule has 7 heteroatoms. The minimum Gasteiger partial charge on any atom is -0.475 e. The van der Waals surface area contributed by atoms with Crippen molar-refractivity contribution in [2.24, 2.45) is 5.92 Å². The lowest BCUT2D eigenvalue weighted by Crippen LogP contribution is -2.29. The first-order chi connectivity index (χ1) is 8.04. The fraction of sp³-hybridized carbons (Fsp3) is 0.500. The Morgan fingerprint density at radius 3 is 2.88 bits per heavy atom. The summed E-state index contributed by atoms with van der Waals surface area (Å²) in [6.45, 7) is 2.54. The van der Waals surface area contributed by atoms with E-state index in [0.717, 1.165) is 11.8 Å². The van der Waals surface area contributed by atoms with Crippen LogP contribution in [0.5, 0.6) is 0 Å². The molecule has 1 aromatic heterocycles. The zero-order valence-corrected chi connectivity index (χ0v) is 10.4. The highest BCUT2D eigenvalue weighted by Gasteiger charge is 2.16. The van der Waals surface area contributed by atoms with Crippen LogP contribution in [0.3, 0.4) is 0 Å². The van der Waals surface area contributed by atoms with Gasteiger partial charge in [-0.3, -0.25) is 4.79 Å². The topological polar surface area (TPSA) is 92.4 Å². The highest BCUT2D eigenvalue weighted by Crippen LogP contribution is 2.05. The molecule has 0 fully saturated rings. The lowest BCUT2D eigenvalue weighted by Gasteiger charge is -2.09. The molecule has 1 unspecified atom stereocenters. The first kappa shape index (κ1) is 13.6. The predicted octanol–water partition coefficient (Wildman–Crippen LogP) is 1.10. The van der Waals surface area contributed by atoms with Crippen LogP contribution >= 0.6 is 11.8 Å². The molecule has 0 saturated heterocycles. The summed E-state index contributed by atoms with van der Waals surface area (Å²) >= 11 is 1.70. The van der Waals surface area contributed by atoms with Crippen molar-refractivity contribution in [3.63, 3.8) is 0 Å². The van der Waals surface area contributed by atoms with E-state index >= 15 is 0 Å². The van der Waals surface area contributed by atoms with Gasteiger partial charge in [-0.05, 0) is 17.9 Å². The van der Waals surface area contributed by atoms with E-state index in [1.165, 1.54) is 0 Å². The fourth-order valence-electron chi connectivity index (χ4n) is 1.18. The second kappa shape index (κ2) is 6.29. The van der Waals surface area contributed by atoms with E-state index in [1.54, 1.807) is 11.8 Å². The molecule has 1 amide bonds. The van der Waals surface area contributed by atoms with Crippen LogP contribution in [0.1, 0.15) is 28.0 Å². The number of hydrogen-bond acceptors (Lipinski definition) is 5. The third-order valence-corrected chi connectivity index (χ3v) is 2.92. The van der Waals surface area contributed by atoms with Gasteiger partial charge in [-0.15, -0.1) is 0 Å². The molecule has 94 valence electrons. The van der Waals surface area contributed by atoms with Gasteiger partial charge in [0.25, 0.3) is 5.91 Å². The Hall–Kier alpha value is -1.50. The molecule has 0 aliphatic heterocycles. The van der Waals surface area contributed by atoms with E-state index in [0.29, 0.717) is 12.5 Å². The fourth-order valence-corrected chi connectivity index (χ4v) is 1.87. The Morgan fingerprint density at radius 2 is 2.35 bits per heavy atom. The summed E-state index contributed by atoms with van der Waals surface area (Å²) < 4.78 is 4.49. The van der Waals surface area contributed by atoms with E-state index in [9.17, 15) is 9.59 Å². The van der Waals surface area contributed by atoms with Crippen molar-refractivity contribution in [2.45, 2.75) is 6.92 Å². The van der Waals surface area contributed by atoms with Crippen molar-refractivity contribution in [2.75, 3.05) is 18.6 Å². The second-order valence-corrected chi connectivity index (χ2v) is 4.56. The third kappa shape index (κ3) is 4.10. The van der Waals surface area contributed by atoms with Crippen LogP contribution in [0.15, 0.2) is 10.6 Å². The minimum absolute atomic E-state index is 0.0150. The Balaban J connectivity index is 2.49. The van der Waals surface area contributed by atoms with Crippen LogP contribution < -0.4 is 5.32 Å². The number of nitrogens with zero attached hydrogens (tertiary/aromatic N) is 1. The number of carboxylic acids is 1. The number of carboxylic acid groups (broad SMARTS) is 1. The number of aromatic nitrogens is 1. The third-order valence-electron chi connectivity index (χ3n) is 2.02. The summed E-state index contributed by atoms with van der Waals surface area (Å²) in [5.74, 6) is -0.715. The van der Waals surface area contributed by atoms with Crippen molar-refractivity contribution in [3.05, 3.63) is 17.5 Å². The van der Waals surface area contributed by atoms with Crippen molar-refractivity contribution in [1.82, 2.24) is 10.5 Å². The van der Waals surface area contributed by atoms with Crippen molar-refractivity contribution in [3.8, 4) is 0 Å². The molecule has 0 bridgehead atoms. The summed E-state index contributed by atoms with van der Waals surface area (Å²) in [5.41, 5.74) is -0.0150. The maximum atomic E-state index is 11.6. The predicted molar refractivity (Wildman–Crippen MR) is 63.3 cm³/mol. The van der Waals surface area contributed by atoms with Crippen molar-refractivity contribution in [1.29, 1.82) is 0 Å². The van der Waals surface area contributed by atoms with Crippen LogP contribution in [0.4, 0.5) is 0 Å². The highest BCUT2D eigenvalue weighted by atomic mass is 32.2. The van der Waals surface area contributed by atoms with Crippen molar-refractivity contribution >= 4 is 23.6 Å². The highest BCUT2D eigenvalue weighted by molar-refractivity contribution is 7.98. The molecule has 1 rings (SSSR count). The molecule has 1 aromatic rings. The minimum atomic E-state index is -1.24. The largest absolute Gasteiger partial charge is 0.475 e. The molecule has 0 aliphatic rings. The van der Waals surface area contributed by atoms with Gasteiger partial charge >= 0.3 is 5.97 Å². The Labute approximate surface area is 103 Å². The molecule has 1 heterocycles. The maximum absolute atomic E-state index is 11.6. The zero-order valence-electron chi connectivity index (χ0n) is 9.60. The summed E-state index contributed by atoms with van der Waals surface area (Å²) in [6, 6.07) is 1.11. The standard InChI is InChI=1S/C10H14N2O4S/c1-6(5-17-2)4-11-9(13)7-3-8(10(14)15)16-12-7/h3,6H,4-5H2,1-2H3,(H,11,13)(H,14,15). The number of carbonyl (C=O) groups is 2. The molecule has 17 heavy (non-hydrogen) atoms. The molecular weight excluding hydrogens is 244 g/mol. The summed E-state index contributed by atoms with van der Waals surface area (Å²) in [7, 11) is 0. The number of amides is 1. The van der Waals surface area contributed by atoms with E-state index in [4.69, 9.17) is 5.11 Å². The molecule has 2 N–H and O–H groups in total. The van der Waals surface area contributed by atoms with E-state index in [-0.39, 0.29) is 11.5 Å². The Morgan fingerprint density at radius 1 is 1.65 bits per heavy atom. The number of thioether (sulfide) groups is 1. The molecule has 0 aliphatic carbocycles. The molecule has 0 spiro atoms. The van der Waals surface area contributed by atoms with Crippen LogP contribution in [0.25, 0.3) is 0 Å². The van der Waals surface area contributed by atoms with Gasteiger partial charge in [0.05, 0.1) is 0 Å². The monoisotopic (exact) mass is 258 g/mol. The molecule has 0 saturated carbocycles. The molecule has 0 aromatic carbocycles. The quantitative estimate of drug-likeness (QED) is 0.793. The first-order valence-corrected chi connectivity index (χ1v) is 6.41. The van der Waals surface area contributed by atoms with Crippen LogP contribution in [-0.4, -0.2) is 40.7 Å². The summed E-state index contributed by atoms with van der Waals surface area (Å²) in [5, 5.41) is 14.7. The van der Waals surface area contributed by atoms with Crippen molar-refractivity contribution < 1.29 is 19.2 Å². The second-order valence-electron chi connectivity index (χ2n) is 3.65. The Kier molecular flexibility index (Phi) is 5.02. The van der Waals surface area contributed by atoms with E-state index in [1.807, 2.05) is 13.2 Å². The average Bonchev–Trinajstić information content (AvgIpc) is 2.75. The number of rotatable bonds is 6. The van der Waals surface area contributed by atoms with E-state index < -0.39 is 11.9 Å². The van der Waals surface area contributed by atoms with Gasteiger partial charge in [0.15, 0.2) is 5.69 Å². The SMILES string of the molecule is CSCC(C)CNC(=O)c1cc(C(=O)O)on1. The maximum Gasteiger partial charge on any atom is 0.374 e. The summed E-state index contributed by atoms with van der Waals surface area (Å²) in [4.78, 5) is 22.1. The smallest absolute Gasteiger partial charge is 0.374 e. The van der Waals surface area contributed by atoms with E-state index in [2.05, 4.69) is 15.0 Å². The zero-order chi connectivity index (χ0) is 12.8. The van der Waals surface area contributed by atoms with Crippen LogP contribution in [0, 0.1) is 5.92 Å². The lowest BCUT2D eigenvalue weighted by atomic mass is 10.2. The lowest BCUT2D eigenvalue weighted by molar-refractivity contribution is 0.0651. The van der Waals surface area contributed by atoms with Gasteiger partial charge in [-0.25, -0.2) is 4.79 Å². The van der Waals surface area contributed by atoms with Crippen LogP contribution in [-0.2, 0) is 0 Å². The average molecular weight is 258 g/mol. The first-order valence-electron chi connectivity index (χ1n) is 5.01. The van der Waals surface area contributed by atoms with Gasteiger partial charge in [-0.2, -0.15) is 11.8 Å². The molecule has 0 radical (unpaired) electrons. The Bertz CT molecular complexity index is 405. The number of carbonyl (C=O) groups excluding carboxylic acids is 1. The number of hydrogen-bond donors (Lipinski definition) is 2. The van der Waals surface area contributed by atoms with Gasteiger partial charge in [0, 0.05) is 12.6 Å². The van der Waals surface area contributed by atoms with Gasteiger partial charge < -0.3 is 14.9 Å². The van der Waals surface area contributed by atoms with Gasteiger partial charge in [0.2, 0.25) is 5.76 Å². The number of aromatic carboxylic acids is 1. The number of nitrogens with one attached hydrogen (secondary N) is 1. The molecule has 6 nitrogen and oxygen atoms in total.